The minimum Gasteiger partial charge on any atom is -0.439 e. The number of aromatic nitrogens is 1. The van der Waals surface area contributed by atoms with Gasteiger partial charge in [-0.05, 0) is 42.6 Å². The van der Waals surface area contributed by atoms with Crippen LogP contribution in [0, 0.1) is 0 Å². The van der Waals surface area contributed by atoms with Crippen LogP contribution >= 0.6 is 0 Å². The van der Waals surface area contributed by atoms with Crippen molar-refractivity contribution in [2.24, 2.45) is 5.73 Å². The summed E-state index contributed by atoms with van der Waals surface area (Å²) < 4.78 is 11.0. The van der Waals surface area contributed by atoms with Crippen molar-refractivity contribution in [3.8, 4) is 11.6 Å². The third-order valence-corrected chi connectivity index (χ3v) is 3.86. The summed E-state index contributed by atoms with van der Waals surface area (Å²) in [5, 5.41) is 3.42. The van der Waals surface area contributed by atoms with Gasteiger partial charge in [-0.2, -0.15) is 0 Å². The van der Waals surface area contributed by atoms with E-state index in [0.717, 1.165) is 49.4 Å². The highest BCUT2D eigenvalue weighted by Gasteiger charge is 2.07. The second-order valence-electron chi connectivity index (χ2n) is 5.83. The molecule has 0 aliphatic heterocycles. The van der Waals surface area contributed by atoms with Crippen molar-refractivity contribution in [3.63, 3.8) is 0 Å². The molecule has 0 spiro atoms. The second-order valence-corrected chi connectivity index (χ2v) is 5.83. The van der Waals surface area contributed by atoms with E-state index in [1.54, 1.807) is 19.4 Å². The maximum atomic E-state index is 5.93. The molecule has 2 aromatic rings. The molecule has 3 N–H and O–H groups in total. The van der Waals surface area contributed by atoms with Crippen LogP contribution in [0.25, 0.3) is 5.70 Å². The predicted octanol–water partition coefficient (Wildman–Crippen LogP) is 3.49. The molecular formula is C20H27N3O2. The first-order valence-corrected chi connectivity index (χ1v) is 8.54. The van der Waals surface area contributed by atoms with Crippen molar-refractivity contribution in [1.29, 1.82) is 0 Å². The van der Waals surface area contributed by atoms with Gasteiger partial charge < -0.3 is 20.5 Å². The molecule has 25 heavy (non-hydrogen) atoms. The number of nitrogens with one attached hydrogen (secondary N) is 1. The van der Waals surface area contributed by atoms with E-state index in [1.165, 1.54) is 5.56 Å². The summed E-state index contributed by atoms with van der Waals surface area (Å²) in [7, 11) is 1.72. The Kier molecular flexibility index (Phi) is 7.44. The fourth-order valence-electron chi connectivity index (χ4n) is 2.44. The summed E-state index contributed by atoms with van der Waals surface area (Å²) in [5.74, 6) is 1.38. The highest BCUT2D eigenvalue weighted by atomic mass is 16.5. The third-order valence-electron chi connectivity index (χ3n) is 3.86. The van der Waals surface area contributed by atoms with Crippen LogP contribution < -0.4 is 15.8 Å². The molecule has 0 radical (unpaired) electrons. The standard InChI is InChI=1S/C20H27N3O2/c1-4-17-12-16(13-22-10-5-11-24-3)6-8-19(17)25-20-9-7-18(14-23-20)15(2)21/h6-9,12,14,22H,2,4-5,10-11,13,21H2,1,3H3. The van der Waals surface area contributed by atoms with Crippen LogP contribution in [0.3, 0.4) is 0 Å². The largest absolute Gasteiger partial charge is 0.439 e. The number of pyridine rings is 1. The van der Waals surface area contributed by atoms with Crippen LogP contribution in [-0.2, 0) is 17.7 Å². The molecule has 0 bridgehead atoms. The number of hydrogen-bond acceptors (Lipinski definition) is 5. The molecule has 0 saturated carbocycles. The van der Waals surface area contributed by atoms with Gasteiger partial charge in [-0.3, -0.25) is 0 Å². The van der Waals surface area contributed by atoms with Gasteiger partial charge in [0.25, 0.3) is 0 Å². The van der Waals surface area contributed by atoms with Crippen LogP contribution in [0.15, 0.2) is 43.1 Å². The first-order valence-electron chi connectivity index (χ1n) is 8.54. The fraction of sp³-hybridized carbons (Fsp3) is 0.350. The molecule has 5 heteroatoms. The van der Waals surface area contributed by atoms with E-state index in [4.69, 9.17) is 15.2 Å². The van der Waals surface area contributed by atoms with Crippen LogP contribution in [0.2, 0.25) is 0 Å². The average Bonchev–Trinajstić information content (AvgIpc) is 2.63. The molecule has 0 fully saturated rings. The second kappa shape index (κ2) is 9.81. The molecule has 0 amide bonds. The van der Waals surface area contributed by atoms with Crippen LogP contribution in [-0.4, -0.2) is 25.2 Å². The highest BCUT2D eigenvalue weighted by molar-refractivity contribution is 5.59. The normalized spacial score (nSPS) is 10.6. The lowest BCUT2D eigenvalue weighted by molar-refractivity contribution is 0.194. The minimum atomic E-state index is 0.496. The Morgan fingerprint density at radius 2 is 2.12 bits per heavy atom. The number of rotatable bonds is 10. The molecule has 0 aliphatic carbocycles. The molecular weight excluding hydrogens is 314 g/mol. The molecule has 0 atom stereocenters. The summed E-state index contributed by atoms with van der Waals surface area (Å²) in [6.07, 6.45) is 3.57. The first-order chi connectivity index (χ1) is 12.1. The average molecular weight is 341 g/mol. The SMILES string of the molecule is C=C(N)c1ccc(Oc2ccc(CNCCCOC)cc2CC)nc1. The zero-order valence-corrected chi connectivity index (χ0v) is 15.0. The first kappa shape index (κ1) is 19.0. The van der Waals surface area contributed by atoms with E-state index in [0.29, 0.717) is 11.6 Å². The van der Waals surface area contributed by atoms with E-state index in [-0.39, 0.29) is 0 Å². The van der Waals surface area contributed by atoms with Gasteiger partial charge in [0.1, 0.15) is 5.75 Å². The van der Waals surface area contributed by atoms with Crippen LogP contribution in [0.5, 0.6) is 11.6 Å². The number of ether oxygens (including phenoxy) is 2. The minimum absolute atomic E-state index is 0.496. The van der Waals surface area contributed by atoms with Gasteiger partial charge in [-0.1, -0.05) is 25.6 Å². The van der Waals surface area contributed by atoms with E-state index in [2.05, 4.69) is 35.9 Å². The number of methoxy groups -OCH3 is 1. The van der Waals surface area contributed by atoms with E-state index >= 15 is 0 Å². The molecule has 2 rings (SSSR count). The summed E-state index contributed by atoms with van der Waals surface area (Å²) >= 11 is 0. The van der Waals surface area contributed by atoms with Crippen molar-refractivity contribution in [3.05, 3.63) is 59.8 Å². The van der Waals surface area contributed by atoms with Gasteiger partial charge in [0.05, 0.1) is 0 Å². The Balaban J connectivity index is 1.99. The summed E-state index contributed by atoms with van der Waals surface area (Å²) in [4.78, 5) is 4.28. The maximum absolute atomic E-state index is 5.93. The molecule has 1 aromatic heterocycles. The van der Waals surface area contributed by atoms with Crippen molar-refractivity contribution in [1.82, 2.24) is 10.3 Å². The molecule has 5 nitrogen and oxygen atoms in total. The van der Waals surface area contributed by atoms with Gasteiger partial charge in [-0.15, -0.1) is 0 Å². The molecule has 0 aliphatic rings. The summed E-state index contributed by atoms with van der Waals surface area (Å²) in [6.45, 7) is 8.38. The molecule has 0 saturated heterocycles. The summed E-state index contributed by atoms with van der Waals surface area (Å²) in [5.41, 5.74) is 9.35. The van der Waals surface area contributed by atoms with E-state index in [9.17, 15) is 0 Å². The lowest BCUT2D eigenvalue weighted by Crippen LogP contribution is -2.16. The fourth-order valence-corrected chi connectivity index (χ4v) is 2.44. The van der Waals surface area contributed by atoms with Crippen molar-refractivity contribution in [2.75, 3.05) is 20.3 Å². The monoisotopic (exact) mass is 341 g/mol. The highest BCUT2D eigenvalue weighted by Crippen LogP contribution is 2.26. The van der Waals surface area contributed by atoms with Crippen LogP contribution in [0.1, 0.15) is 30.0 Å². The Labute approximate surface area is 149 Å². The van der Waals surface area contributed by atoms with Gasteiger partial charge in [0.2, 0.25) is 5.88 Å². The van der Waals surface area contributed by atoms with Gasteiger partial charge in [0, 0.05) is 43.8 Å². The molecule has 1 aromatic carbocycles. The zero-order valence-electron chi connectivity index (χ0n) is 15.0. The molecule has 1 heterocycles. The zero-order chi connectivity index (χ0) is 18.1. The number of nitrogens with zero attached hydrogens (tertiary/aromatic N) is 1. The van der Waals surface area contributed by atoms with Crippen molar-refractivity contribution < 1.29 is 9.47 Å². The van der Waals surface area contributed by atoms with Gasteiger partial charge in [0.15, 0.2) is 0 Å². The Morgan fingerprint density at radius 3 is 2.76 bits per heavy atom. The van der Waals surface area contributed by atoms with E-state index in [1.807, 2.05) is 12.1 Å². The quantitative estimate of drug-likeness (QED) is 0.647. The topological polar surface area (TPSA) is 69.4 Å². The predicted molar refractivity (Wildman–Crippen MR) is 102 cm³/mol. The maximum Gasteiger partial charge on any atom is 0.219 e. The Bertz CT molecular complexity index is 684. The Morgan fingerprint density at radius 1 is 1.28 bits per heavy atom. The van der Waals surface area contributed by atoms with Gasteiger partial charge in [-0.25, -0.2) is 4.98 Å². The lowest BCUT2D eigenvalue weighted by atomic mass is 10.1. The Hall–Kier alpha value is -2.37. The number of nitrogens with two attached hydrogens (primary N) is 1. The number of aryl methyl sites for hydroxylation is 1. The number of benzene rings is 1. The van der Waals surface area contributed by atoms with E-state index < -0.39 is 0 Å². The number of hydrogen-bond donors (Lipinski definition) is 2. The van der Waals surface area contributed by atoms with Gasteiger partial charge >= 0.3 is 0 Å². The third kappa shape index (κ3) is 5.89. The van der Waals surface area contributed by atoms with Crippen LogP contribution in [0.4, 0.5) is 0 Å². The molecule has 0 unspecified atom stereocenters. The summed E-state index contributed by atoms with van der Waals surface area (Å²) in [6, 6.07) is 9.91. The van der Waals surface area contributed by atoms with Crippen molar-refractivity contribution in [2.45, 2.75) is 26.3 Å². The van der Waals surface area contributed by atoms with Crippen molar-refractivity contribution >= 4 is 5.70 Å². The molecule has 134 valence electrons. The lowest BCUT2D eigenvalue weighted by Gasteiger charge is -2.12. The smallest absolute Gasteiger partial charge is 0.219 e.